The summed E-state index contributed by atoms with van der Waals surface area (Å²) in [4.78, 5) is 8.86. The molecule has 3 nitrogen and oxygen atoms in total. The molecule has 0 bridgehead atoms. The number of para-hydroxylation sites is 1. The summed E-state index contributed by atoms with van der Waals surface area (Å²) < 4.78 is 27.7. The van der Waals surface area contributed by atoms with Crippen LogP contribution in [0.15, 0.2) is 42.5 Å². The Bertz CT molecular complexity index is 823. The van der Waals surface area contributed by atoms with Gasteiger partial charge < -0.3 is 9.80 Å². The maximum Gasteiger partial charge on any atom is 0.186 e. The van der Waals surface area contributed by atoms with E-state index >= 15 is 0 Å². The number of nitrogens with zero attached hydrogens (tertiary/aromatic N) is 3. The first-order valence-electron chi connectivity index (χ1n) is 7.51. The van der Waals surface area contributed by atoms with E-state index in [0.29, 0.717) is 5.52 Å². The second-order valence-electron chi connectivity index (χ2n) is 5.53. The number of hydrogen-bond acceptors (Lipinski definition) is 4. The van der Waals surface area contributed by atoms with E-state index < -0.39 is 0 Å². The van der Waals surface area contributed by atoms with Crippen molar-refractivity contribution in [3.05, 3.63) is 54.1 Å². The Kier molecular flexibility index (Phi) is 3.61. The molecule has 118 valence electrons. The maximum absolute atomic E-state index is 13.8. The summed E-state index contributed by atoms with van der Waals surface area (Å²) in [6.07, 6.45) is 0. The van der Waals surface area contributed by atoms with Crippen LogP contribution in [-0.2, 0) is 0 Å². The number of benzene rings is 2. The van der Waals surface area contributed by atoms with E-state index in [2.05, 4.69) is 14.8 Å². The minimum Gasteiger partial charge on any atom is -0.368 e. The molecule has 3 aromatic rings. The van der Waals surface area contributed by atoms with Gasteiger partial charge in [-0.2, -0.15) is 0 Å². The average Bonchev–Trinajstić information content (AvgIpc) is 3.01. The summed E-state index contributed by atoms with van der Waals surface area (Å²) in [6.45, 7) is 3.31. The molecular formula is C17H15F2N3S. The van der Waals surface area contributed by atoms with E-state index in [1.165, 1.54) is 29.5 Å². The van der Waals surface area contributed by atoms with E-state index in [0.717, 1.165) is 41.7 Å². The van der Waals surface area contributed by atoms with Gasteiger partial charge in [0.15, 0.2) is 5.13 Å². The van der Waals surface area contributed by atoms with Gasteiger partial charge in [0.2, 0.25) is 0 Å². The molecule has 0 saturated carbocycles. The first kappa shape index (κ1) is 14.4. The predicted molar refractivity (Wildman–Crippen MR) is 90.4 cm³/mol. The molecule has 2 aromatic carbocycles. The Morgan fingerprint density at radius 3 is 2.26 bits per heavy atom. The summed E-state index contributed by atoms with van der Waals surface area (Å²) in [5, 5.41) is 0.865. The summed E-state index contributed by atoms with van der Waals surface area (Å²) in [7, 11) is 0. The monoisotopic (exact) mass is 331 g/mol. The van der Waals surface area contributed by atoms with Gasteiger partial charge in [-0.05, 0) is 36.4 Å². The third-order valence-electron chi connectivity index (χ3n) is 4.10. The largest absolute Gasteiger partial charge is 0.368 e. The molecule has 0 atom stereocenters. The standard InChI is InChI=1S/C17H15F2N3S/c18-12-4-6-13(7-5-12)21-8-10-22(11-9-21)17-20-16-14(19)2-1-3-15(16)23-17/h1-7H,8-11H2. The summed E-state index contributed by atoms with van der Waals surface area (Å²) >= 11 is 1.52. The Labute approximate surface area is 136 Å². The van der Waals surface area contributed by atoms with E-state index in [4.69, 9.17) is 0 Å². The molecule has 0 N–H and O–H groups in total. The lowest BCUT2D eigenvalue weighted by Gasteiger charge is -2.35. The molecule has 0 amide bonds. The number of aromatic nitrogens is 1. The Balaban J connectivity index is 1.50. The zero-order chi connectivity index (χ0) is 15.8. The fourth-order valence-corrected chi connectivity index (χ4v) is 3.88. The van der Waals surface area contributed by atoms with Gasteiger partial charge in [-0.1, -0.05) is 17.4 Å². The van der Waals surface area contributed by atoms with Crippen molar-refractivity contribution in [2.45, 2.75) is 0 Å². The van der Waals surface area contributed by atoms with Crippen molar-refractivity contribution in [2.24, 2.45) is 0 Å². The van der Waals surface area contributed by atoms with Crippen LogP contribution in [0.1, 0.15) is 0 Å². The molecule has 23 heavy (non-hydrogen) atoms. The Morgan fingerprint density at radius 1 is 0.870 bits per heavy atom. The van der Waals surface area contributed by atoms with E-state index in [-0.39, 0.29) is 11.6 Å². The number of hydrogen-bond donors (Lipinski definition) is 0. The molecule has 6 heteroatoms. The number of anilines is 2. The number of thiazole rings is 1. The van der Waals surface area contributed by atoms with Crippen molar-refractivity contribution >= 4 is 32.4 Å². The predicted octanol–water partition coefficient (Wildman–Crippen LogP) is 3.90. The van der Waals surface area contributed by atoms with Crippen LogP contribution >= 0.6 is 11.3 Å². The number of fused-ring (bicyclic) bond motifs is 1. The molecule has 1 aliphatic rings. The van der Waals surface area contributed by atoms with Crippen molar-refractivity contribution in [2.75, 3.05) is 36.0 Å². The fourth-order valence-electron chi connectivity index (χ4n) is 2.85. The van der Waals surface area contributed by atoms with Crippen molar-refractivity contribution in [1.82, 2.24) is 4.98 Å². The van der Waals surface area contributed by atoms with Gasteiger partial charge in [-0.15, -0.1) is 0 Å². The minimum atomic E-state index is -0.269. The van der Waals surface area contributed by atoms with Crippen molar-refractivity contribution in [3.8, 4) is 0 Å². The molecular weight excluding hydrogens is 316 g/mol. The van der Waals surface area contributed by atoms with Crippen LogP contribution in [0.4, 0.5) is 19.6 Å². The molecule has 0 radical (unpaired) electrons. The zero-order valence-electron chi connectivity index (χ0n) is 12.4. The summed E-state index contributed by atoms with van der Waals surface area (Å²) in [5.74, 6) is -0.487. The lowest BCUT2D eigenvalue weighted by Crippen LogP contribution is -2.46. The number of piperazine rings is 1. The molecule has 0 unspecified atom stereocenters. The van der Waals surface area contributed by atoms with Crippen molar-refractivity contribution < 1.29 is 8.78 Å². The van der Waals surface area contributed by atoms with Crippen LogP contribution in [0.5, 0.6) is 0 Å². The quantitative estimate of drug-likeness (QED) is 0.710. The molecule has 1 aliphatic heterocycles. The van der Waals surface area contributed by atoms with Gasteiger partial charge in [-0.25, -0.2) is 13.8 Å². The van der Waals surface area contributed by atoms with Gasteiger partial charge in [0, 0.05) is 31.9 Å². The number of rotatable bonds is 2. The average molecular weight is 331 g/mol. The molecule has 0 aliphatic carbocycles. The molecule has 2 heterocycles. The highest BCUT2D eigenvalue weighted by atomic mass is 32.1. The van der Waals surface area contributed by atoms with Gasteiger partial charge in [0.25, 0.3) is 0 Å². The third kappa shape index (κ3) is 2.74. The van der Waals surface area contributed by atoms with Crippen LogP contribution in [0.25, 0.3) is 10.2 Å². The summed E-state index contributed by atoms with van der Waals surface area (Å²) in [5.41, 5.74) is 1.48. The van der Waals surface area contributed by atoms with E-state index in [1.807, 2.05) is 6.07 Å². The smallest absolute Gasteiger partial charge is 0.186 e. The van der Waals surface area contributed by atoms with Crippen molar-refractivity contribution in [1.29, 1.82) is 0 Å². The van der Waals surface area contributed by atoms with Gasteiger partial charge >= 0.3 is 0 Å². The van der Waals surface area contributed by atoms with E-state index in [9.17, 15) is 8.78 Å². The molecule has 1 fully saturated rings. The zero-order valence-corrected chi connectivity index (χ0v) is 13.2. The molecule has 1 saturated heterocycles. The highest BCUT2D eigenvalue weighted by Gasteiger charge is 2.20. The highest BCUT2D eigenvalue weighted by molar-refractivity contribution is 7.22. The molecule has 1 aromatic heterocycles. The lowest BCUT2D eigenvalue weighted by molar-refractivity contribution is 0.624. The third-order valence-corrected chi connectivity index (χ3v) is 5.18. The van der Waals surface area contributed by atoms with Gasteiger partial charge in [-0.3, -0.25) is 0 Å². The van der Waals surface area contributed by atoms with Crippen molar-refractivity contribution in [3.63, 3.8) is 0 Å². The second kappa shape index (κ2) is 5.77. The highest BCUT2D eigenvalue weighted by Crippen LogP contribution is 2.31. The van der Waals surface area contributed by atoms with Crippen LogP contribution in [-0.4, -0.2) is 31.2 Å². The molecule has 0 spiro atoms. The van der Waals surface area contributed by atoms with Crippen LogP contribution in [0.2, 0.25) is 0 Å². The number of halogens is 2. The molecule has 4 rings (SSSR count). The topological polar surface area (TPSA) is 19.4 Å². The Hall–Kier alpha value is -2.21. The Morgan fingerprint density at radius 2 is 1.57 bits per heavy atom. The normalized spacial score (nSPS) is 15.4. The first-order valence-corrected chi connectivity index (χ1v) is 8.33. The van der Waals surface area contributed by atoms with Crippen LogP contribution in [0.3, 0.4) is 0 Å². The van der Waals surface area contributed by atoms with E-state index in [1.54, 1.807) is 18.2 Å². The fraction of sp³-hybridized carbons (Fsp3) is 0.235. The van der Waals surface area contributed by atoms with Gasteiger partial charge in [0.1, 0.15) is 17.2 Å². The van der Waals surface area contributed by atoms with Gasteiger partial charge in [0.05, 0.1) is 4.70 Å². The summed E-state index contributed by atoms with van der Waals surface area (Å²) in [6, 6.07) is 11.6. The van der Waals surface area contributed by atoms with Crippen LogP contribution in [0, 0.1) is 11.6 Å². The lowest BCUT2D eigenvalue weighted by atomic mass is 10.2. The minimum absolute atomic E-state index is 0.219. The second-order valence-corrected chi connectivity index (χ2v) is 6.54. The first-order chi connectivity index (χ1) is 11.2. The maximum atomic E-state index is 13.8. The van der Waals surface area contributed by atoms with Crippen LogP contribution < -0.4 is 9.80 Å². The SMILES string of the molecule is Fc1ccc(N2CCN(c3nc4c(F)cccc4s3)CC2)cc1.